The van der Waals surface area contributed by atoms with Crippen molar-refractivity contribution in [2.75, 3.05) is 12.0 Å². The third-order valence-electron chi connectivity index (χ3n) is 6.70. The summed E-state index contributed by atoms with van der Waals surface area (Å²) in [6, 6.07) is 7.82. The molecule has 0 saturated heterocycles. The van der Waals surface area contributed by atoms with Crippen molar-refractivity contribution in [2.45, 2.75) is 49.9 Å². The van der Waals surface area contributed by atoms with E-state index < -0.39 is 60.2 Å². The number of benzene rings is 2. The van der Waals surface area contributed by atoms with Crippen LogP contribution in [0.2, 0.25) is 0 Å². The number of nitrogens with two attached hydrogens (primary N) is 1. The SMILES string of the molecule is CSCCC(N)C(=O)NC(CC(=O)O)C(=O)NC(Cc1c[nH]c2ccccc12)C(=O)NC(Cc1ccc(O)cc1)C(=O)O. The number of hydrogen-bond donors (Lipinski definition) is 8. The van der Waals surface area contributed by atoms with Gasteiger partial charge in [-0.25, -0.2) is 4.79 Å². The molecule has 4 atom stereocenters. The molecule has 13 nitrogen and oxygen atoms in total. The average molecular weight is 614 g/mol. The summed E-state index contributed by atoms with van der Waals surface area (Å²) >= 11 is 1.47. The number of phenolic OH excluding ortho intramolecular Hbond substituents is 1. The van der Waals surface area contributed by atoms with E-state index in [1.165, 1.54) is 36.0 Å². The van der Waals surface area contributed by atoms with Crippen LogP contribution in [0.5, 0.6) is 5.75 Å². The number of fused-ring (bicyclic) bond motifs is 1. The van der Waals surface area contributed by atoms with Crippen LogP contribution in [0, 0.1) is 0 Å². The first-order valence-electron chi connectivity index (χ1n) is 13.4. The standard InChI is InChI=1S/C29H35N5O8S/c1-43-11-10-20(30)26(38)32-23(14-25(36)37)28(40)33-22(13-17-15-31-21-5-3-2-4-19(17)21)27(39)34-24(29(41)42)12-16-6-8-18(35)9-7-16/h2-9,15,20,22-24,31,35H,10-14,30H2,1H3,(H,32,38)(H,33,40)(H,34,39)(H,36,37)(H,41,42). The van der Waals surface area contributed by atoms with Gasteiger partial charge in [-0.2, -0.15) is 11.8 Å². The van der Waals surface area contributed by atoms with Crippen molar-refractivity contribution in [1.29, 1.82) is 0 Å². The van der Waals surface area contributed by atoms with Crippen molar-refractivity contribution in [3.8, 4) is 5.75 Å². The van der Waals surface area contributed by atoms with Crippen LogP contribution in [0.25, 0.3) is 10.9 Å². The number of nitrogens with one attached hydrogen (secondary N) is 4. The number of amides is 3. The highest BCUT2D eigenvalue weighted by Gasteiger charge is 2.32. The second kappa shape index (κ2) is 15.6. The van der Waals surface area contributed by atoms with Crippen molar-refractivity contribution < 1.29 is 39.3 Å². The number of carbonyl (C=O) groups is 5. The molecule has 43 heavy (non-hydrogen) atoms. The van der Waals surface area contributed by atoms with E-state index >= 15 is 0 Å². The molecule has 0 fully saturated rings. The molecular formula is C29H35N5O8S. The zero-order valence-electron chi connectivity index (χ0n) is 23.4. The highest BCUT2D eigenvalue weighted by Crippen LogP contribution is 2.20. The van der Waals surface area contributed by atoms with E-state index in [2.05, 4.69) is 20.9 Å². The molecule has 0 radical (unpaired) electrons. The van der Waals surface area contributed by atoms with E-state index in [1.807, 2.05) is 24.5 Å². The normalized spacial score (nSPS) is 13.8. The van der Waals surface area contributed by atoms with Crippen LogP contribution in [0.4, 0.5) is 0 Å². The molecule has 0 aliphatic rings. The summed E-state index contributed by atoms with van der Waals surface area (Å²) in [5.41, 5.74) is 7.83. The summed E-state index contributed by atoms with van der Waals surface area (Å²) in [6.45, 7) is 0. The van der Waals surface area contributed by atoms with Crippen molar-refractivity contribution >= 4 is 52.3 Å². The Bertz CT molecular complexity index is 1440. The van der Waals surface area contributed by atoms with Gasteiger partial charge in [0.05, 0.1) is 12.5 Å². The van der Waals surface area contributed by atoms with Gasteiger partial charge in [-0.3, -0.25) is 19.2 Å². The summed E-state index contributed by atoms with van der Waals surface area (Å²) in [7, 11) is 0. The van der Waals surface area contributed by atoms with Gasteiger partial charge in [0.2, 0.25) is 17.7 Å². The lowest BCUT2D eigenvalue weighted by Crippen LogP contribution is -2.58. The molecule has 1 aromatic heterocycles. The quantitative estimate of drug-likeness (QED) is 0.113. The molecule has 9 N–H and O–H groups in total. The zero-order chi connectivity index (χ0) is 31.5. The van der Waals surface area contributed by atoms with E-state index in [-0.39, 0.29) is 18.6 Å². The largest absolute Gasteiger partial charge is 0.508 e. The molecule has 0 saturated carbocycles. The van der Waals surface area contributed by atoms with E-state index in [1.54, 1.807) is 12.3 Å². The second-order valence-electron chi connectivity index (χ2n) is 9.94. The van der Waals surface area contributed by atoms with E-state index in [0.717, 1.165) is 10.9 Å². The Labute approximate surface area is 251 Å². The highest BCUT2D eigenvalue weighted by atomic mass is 32.2. The first-order chi connectivity index (χ1) is 20.5. The predicted octanol–water partition coefficient (Wildman–Crippen LogP) is 0.753. The number of aromatic amines is 1. The van der Waals surface area contributed by atoms with E-state index in [4.69, 9.17) is 5.73 Å². The number of carboxylic acids is 2. The molecule has 0 aliphatic carbocycles. The number of carboxylic acid groups (broad SMARTS) is 2. The minimum atomic E-state index is -1.55. The molecule has 3 amide bonds. The number of hydrogen-bond acceptors (Lipinski definition) is 8. The number of aromatic hydroxyl groups is 1. The van der Waals surface area contributed by atoms with Gasteiger partial charge in [0.25, 0.3) is 0 Å². The van der Waals surface area contributed by atoms with Gasteiger partial charge in [-0.15, -0.1) is 0 Å². The van der Waals surface area contributed by atoms with Gasteiger partial charge in [-0.05, 0) is 47.8 Å². The van der Waals surface area contributed by atoms with Crippen LogP contribution >= 0.6 is 11.8 Å². The Kier molecular flexibility index (Phi) is 12.0. The molecule has 14 heteroatoms. The third kappa shape index (κ3) is 9.75. The first kappa shape index (κ1) is 32.9. The number of para-hydroxylation sites is 1. The van der Waals surface area contributed by atoms with Gasteiger partial charge >= 0.3 is 11.9 Å². The number of thioether (sulfide) groups is 1. The third-order valence-corrected chi connectivity index (χ3v) is 7.35. The molecule has 230 valence electrons. The molecule has 0 spiro atoms. The summed E-state index contributed by atoms with van der Waals surface area (Å²) in [4.78, 5) is 66.1. The van der Waals surface area contributed by atoms with E-state index in [9.17, 15) is 39.3 Å². The number of rotatable bonds is 16. The van der Waals surface area contributed by atoms with Crippen molar-refractivity contribution in [1.82, 2.24) is 20.9 Å². The Morgan fingerprint density at radius 1 is 0.860 bits per heavy atom. The lowest BCUT2D eigenvalue weighted by molar-refractivity contribution is -0.143. The fourth-order valence-electron chi connectivity index (χ4n) is 4.38. The summed E-state index contributed by atoms with van der Waals surface area (Å²) in [5.74, 6) is -4.61. The van der Waals surface area contributed by atoms with Crippen LogP contribution < -0.4 is 21.7 Å². The van der Waals surface area contributed by atoms with Crippen molar-refractivity contribution in [2.24, 2.45) is 5.73 Å². The molecule has 4 unspecified atom stereocenters. The molecule has 1 heterocycles. The van der Waals surface area contributed by atoms with Crippen LogP contribution in [0.3, 0.4) is 0 Å². The predicted molar refractivity (Wildman–Crippen MR) is 160 cm³/mol. The second-order valence-corrected chi connectivity index (χ2v) is 10.9. The lowest BCUT2D eigenvalue weighted by Gasteiger charge is -2.25. The van der Waals surface area contributed by atoms with Gasteiger partial charge in [0.15, 0.2) is 0 Å². The number of H-pyrrole nitrogens is 1. The van der Waals surface area contributed by atoms with Crippen molar-refractivity contribution in [3.63, 3.8) is 0 Å². The topological polar surface area (TPSA) is 224 Å². The molecule has 0 aliphatic heterocycles. The maximum atomic E-state index is 13.5. The molecule has 3 aromatic rings. The average Bonchev–Trinajstić information content (AvgIpc) is 3.38. The molecular weight excluding hydrogens is 578 g/mol. The van der Waals surface area contributed by atoms with E-state index in [0.29, 0.717) is 23.3 Å². The number of aromatic nitrogens is 1. The summed E-state index contributed by atoms with van der Waals surface area (Å²) in [6.07, 6.45) is 2.84. The Balaban J connectivity index is 1.85. The highest BCUT2D eigenvalue weighted by molar-refractivity contribution is 7.98. The molecule has 2 aromatic carbocycles. The Morgan fingerprint density at radius 2 is 1.49 bits per heavy atom. The summed E-state index contributed by atoms with van der Waals surface area (Å²) < 4.78 is 0. The number of carbonyl (C=O) groups excluding carboxylic acids is 3. The minimum Gasteiger partial charge on any atom is -0.508 e. The minimum absolute atomic E-state index is 0.00520. The number of aliphatic carboxylic acids is 2. The fraction of sp³-hybridized carbons (Fsp3) is 0.345. The Morgan fingerprint density at radius 3 is 2.14 bits per heavy atom. The molecule has 3 rings (SSSR count). The molecule has 0 bridgehead atoms. The maximum absolute atomic E-state index is 13.5. The number of phenols is 1. The fourth-order valence-corrected chi connectivity index (χ4v) is 4.87. The van der Waals surface area contributed by atoms with Crippen molar-refractivity contribution in [3.05, 3.63) is 65.9 Å². The van der Waals surface area contributed by atoms with Crippen LogP contribution in [0.15, 0.2) is 54.7 Å². The first-order valence-corrected chi connectivity index (χ1v) is 14.8. The van der Waals surface area contributed by atoms with Gasteiger partial charge in [0.1, 0.15) is 23.9 Å². The van der Waals surface area contributed by atoms with Gasteiger partial charge in [-0.1, -0.05) is 30.3 Å². The van der Waals surface area contributed by atoms with Crippen LogP contribution in [0.1, 0.15) is 24.0 Å². The van der Waals surface area contributed by atoms with Crippen LogP contribution in [-0.2, 0) is 36.8 Å². The van der Waals surface area contributed by atoms with Gasteiger partial charge in [0, 0.05) is 29.9 Å². The maximum Gasteiger partial charge on any atom is 0.326 e. The smallest absolute Gasteiger partial charge is 0.326 e. The summed E-state index contributed by atoms with van der Waals surface area (Å²) in [5, 5.41) is 36.8. The van der Waals surface area contributed by atoms with Crippen LogP contribution in [-0.4, -0.2) is 86.1 Å². The zero-order valence-corrected chi connectivity index (χ0v) is 24.2. The monoisotopic (exact) mass is 613 g/mol. The lowest BCUT2D eigenvalue weighted by atomic mass is 10.0. The Hall–Kier alpha value is -4.56. The van der Waals surface area contributed by atoms with Gasteiger partial charge < -0.3 is 42.0 Å².